The van der Waals surface area contributed by atoms with Crippen LogP contribution in [0.15, 0.2) is 17.1 Å². The molecule has 0 spiro atoms. The van der Waals surface area contributed by atoms with Gasteiger partial charge in [-0.15, -0.1) is 0 Å². The van der Waals surface area contributed by atoms with Crippen molar-refractivity contribution in [3.63, 3.8) is 0 Å². The van der Waals surface area contributed by atoms with Crippen LogP contribution >= 0.6 is 0 Å². The number of carbonyl (C=O) groups is 2. The quantitative estimate of drug-likeness (QED) is 0.782. The SMILES string of the molecule is COC(=O)C(C)(C)CNC(=O)c1c[nH]c(C)cc1=O. The van der Waals surface area contributed by atoms with Crippen molar-refractivity contribution in [2.45, 2.75) is 20.8 Å². The number of methoxy groups -OCH3 is 1. The van der Waals surface area contributed by atoms with Crippen LogP contribution in [0.25, 0.3) is 0 Å². The average Bonchev–Trinajstić information content (AvgIpc) is 2.35. The van der Waals surface area contributed by atoms with Gasteiger partial charge in [-0.1, -0.05) is 0 Å². The first-order chi connectivity index (χ1) is 8.77. The molecule has 0 unspecified atom stereocenters. The summed E-state index contributed by atoms with van der Waals surface area (Å²) >= 11 is 0. The normalized spacial score (nSPS) is 10.9. The molecule has 0 aromatic carbocycles. The number of hydrogen-bond donors (Lipinski definition) is 2. The zero-order valence-electron chi connectivity index (χ0n) is 11.5. The minimum absolute atomic E-state index is 0.0197. The number of H-pyrrole nitrogens is 1. The Hall–Kier alpha value is -2.11. The molecule has 0 bridgehead atoms. The largest absolute Gasteiger partial charge is 0.469 e. The first-order valence-electron chi connectivity index (χ1n) is 5.84. The molecule has 1 aromatic rings. The van der Waals surface area contributed by atoms with Gasteiger partial charge in [0.1, 0.15) is 5.56 Å². The van der Waals surface area contributed by atoms with Gasteiger partial charge in [-0.05, 0) is 20.8 Å². The first kappa shape index (κ1) is 14.9. The summed E-state index contributed by atoms with van der Waals surface area (Å²) in [5.41, 5.74) is -0.505. The van der Waals surface area contributed by atoms with Gasteiger partial charge in [0.2, 0.25) is 0 Å². The van der Waals surface area contributed by atoms with Crippen molar-refractivity contribution in [3.8, 4) is 0 Å². The van der Waals surface area contributed by atoms with E-state index >= 15 is 0 Å². The van der Waals surface area contributed by atoms with Gasteiger partial charge in [-0.3, -0.25) is 14.4 Å². The van der Waals surface area contributed by atoms with Gasteiger partial charge in [0, 0.05) is 24.5 Å². The molecule has 0 saturated carbocycles. The van der Waals surface area contributed by atoms with E-state index in [1.54, 1.807) is 20.8 Å². The molecule has 1 rings (SSSR count). The Morgan fingerprint density at radius 1 is 1.42 bits per heavy atom. The van der Waals surface area contributed by atoms with Crippen molar-refractivity contribution >= 4 is 11.9 Å². The van der Waals surface area contributed by atoms with Crippen LogP contribution in [0.5, 0.6) is 0 Å². The topological polar surface area (TPSA) is 88.3 Å². The summed E-state index contributed by atoms with van der Waals surface area (Å²) in [5.74, 6) is -0.941. The molecular weight excluding hydrogens is 248 g/mol. The van der Waals surface area contributed by atoms with Crippen LogP contribution in [0.3, 0.4) is 0 Å². The van der Waals surface area contributed by atoms with E-state index in [0.29, 0.717) is 5.69 Å². The van der Waals surface area contributed by atoms with Crippen molar-refractivity contribution in [1.82, 2.24) is 10.3 Å². The predicted octanol–water partition coefficient (Wildman–Crippen LogP) is 0.612. The number of ether oxygens (including phenoxy) is 1. The summed E-state index contributed by atoms with van der Waals surface area (Å²) in [7, 11) is 1.29. The second kappa shape index (κ2) is 5.69. The van der Waals surface area contributed by atoms with E-state index in [4.69, 9.17) is 0 Å². The van der Waals surface area contributed by atoms with Crippen LogP contribution in [0.1, 0.15) is 29.9 Å². The van der Waals surface area contributed by atoms with Crippen molar-refractivity contribution in [2.75, 3.05) is 13.7 Å². The highest BCUT2D eigenvalue weighted by molar-refractivity contribution is 5.94. The van der Waals surface area contributed by atoms with Gasteiger partial charge in [-0.2, -0.15) is 0 Å². The minimum atomic E-state index is -0.845. The van der Waals surface area contributed by atoms with Gasteiger partial charge in [0.05, 0.1) is 12.5 Å². The Bertz CT molecular complexity index is 546. The maximum Gasteiger partial charge on any atom is 0.313 e. The fraction of sp³-hybridized carbons (Fsp3) is 0.462. The van der Waals surface area contributed by atoms with Gasteiger partial charge in [-0.25, -0.2) is 0 Å². The van der Waals surface area contributed by atoms with Crippen LogP contribution in [0.4, 0.5) is 0 Å². The van der Waals surface area contributed by atoms with E-state index in [1.807, 2.05) is 0 Å². The molecule has 1 aromatic heterocycles. The molecule has 6 heteroatoms. The van der Waals surface area contributed by atoms with Gasteiger partial charge in [0.25, 0.3) is 5.91 Å². The standard InChI is InChI=1S/C13H18N2O4/c1-8-5-10(16)9(6-14-8)11(17)15-7-13(2,3)12(18)19-4/h5-6H,7H2,1-4H3,(H,14,16)(H,15,17). The number of nitrogens with one attached hydrogen (secondary N) is 2. The van der Waals surface area contributed by atoms with Crippen molar-refractivity contribution in [1.29, 1.82) is 0 Å². The predicted molar refractivity (Wildman–Crippen MR) is 69.9 cm³/mol. The number of aromatic amines is 1. The average molecular weight is 266 g/mol. The number of amides is 1. The van der Waals surface area contributed by atoms with Crippen LogP contribution in [0, 0.1) is 12.3 Å². The number of aromatic nitrogens is 1. The van der Waals surface area contributed by atoms with Crippen LogP contribution in [-0.4, -0.2) is 30.5 Å². The van der Waals surface area contributed by atoms with E-state index in [1.165, 1.54) is 19.4 Å². The van der Waals surface area contributed by atoms with Gasteiger partial charge < -0.3 is 15.0 Å². The monoisotopic (exact) mass is 266 g/mol. The highest BCUT2D eigenvalue weighted by Crippen LogP contribution is 2.15. The lowest BCUT2D eigenvalue weighted by atomic mass is 9.93. The zero-order valence-corrected chi connectivity index (χ0v) is 11.5. The molecule has 0 fully saturated rings. The molecular formula is C13H18N2O4. The summed E-state index contributed by atoms with van der Waals surface area (Å²) in [5, 5.41) is 2.55. The fourth-order valence-corrected chi connectivity index (χ4v) is 1.50. The summed E-state index contributed by atoms with van der Waals surface area (Å²) in [6, 6.07) is 1.35. The molecule has 0 aliphatic rings. The second-order valence-corrected chi connectivity index (χ2v) is 4.95. The lowest BCUT2D eigenvalue weighted by Gasteiger charge is -2.21. The minimum Gasteiger partial charge on any atom is -0.469 e. The van der Waals surface area contributed by atoms with E-state index < -0.39 is 17.3 Å². The van der Waals surface area contributed by atoms with Crippen LogP contribution < -0.4 is 10.7 Å². The highest BCUT2D eigenvalue weighted by Gasteiger charge is 2.29. The molecule has 2 N–H and O–H groups in total. The molecule has 0 radical (unpaired) electrons. The molecule has 1 heterocycles. The van der Waals surface area contributed by atoms with E-state index in [0.717, 1.165) is 0 Å². The molecule has 6 nitrogen and oxygen atoms in total. The number of hydrogen-bond acceptors (Lipinski definition) is 4. The Kier molecular flexibility index (Phi) is 4.47. The second-order valence-electron chi connectivity index (χ2n) is 4.95. The third kappa shape index (κ3) is 3.67. The summed E-state index contributed by atoms with van der Waals surface area (Å²) in [6.45, 7) is 5.12. The Labute approximate surface area is 111 Å². The number of rotatable bonds is 4. The molecule has 104 valence electrons. The van der Waals surface area contributed by atoms with E-state index in [2.05, 4.69) is 15.0 Å². The molecule has 0 aliphatic heterocycles. The van der Waals surface area contributed by atoms with Crippen molar-refractivity contribution in [3.05, 3.63) is 33.7 Å². The lowest BCUT2D eigenvalue weighted by molar-refractivity contribution is -0.150. The van der Waals surface area contributed by atoms with E-state index in [9.17, 15) is 14.4 Å². The third-order valence-corrected chi connectivity index (χ3v) is 2.73. The Morgan fingerprint density at radius 2 is 2.05 bits per heavy atom. The number of carbonyl (C=O) groups excluding carboxylic acids is 2. The van der Waals surface area contributed by atoms with Crippen molar-refractivity contribution in [2.24, 2.45) is 5.41 Å². The summed E-state index contributed by atoms with van der Waals surface area (Å²) in [4.78, 5) is 37.7. The number of aryl methyl sites for hydroxylation is 1. The molecule has 19 heavy (non-hydrogen) atoms. The Balaban J connectivity index is 2.76. The van der Waals surface area contributed by atoms with Gasteiger partial charge in [0.15, 0.2) is 5.43 Å². The molecule has 0 aliphatic carbocycles. The molecule has 1 amide bonds. The van der Waals surface area contributed by atoms with Crippen molar-refractivity contribution < 1.29 is 14.3 Å². The fourth-order valence-electron chi connectivity index (χ4n) is 1.50. The van der Waals surface area contributed by atoms with Gasteiger partial charge >= 0.3 is 5.97 Å². The number of esters is 1. The van der Waals surface area contributed by atoms with Crippen LogP contribution in [-0.2, 0) is 9.53 Å². The zero-order chi connectivity index (χ0) is 14.6. The maximum absolute atomic E-state index is 11.9. The van der Waals surface area contributed by atoms with Crippen LogP contribution in [0.2, 0.25) is 0 Å². The molecule has 0 saturated heterocycles. The lowest BCUT2D eigenvalue weighted by Crippen LogP contribution is -2.40. The first-order valence-corrected chi connectivity index (χ1v) is 5.84. The highest BCUT2D eigenvalue weighted by atomic mass is 16.5. The van der Waals surface area contributed by atoms with E-state index in [-0.39, 0.29) is 17.5 Å². The summed E-state index contributed by atoms with van der Waals surface area (Å²) in [6.07, 6.45) is 1.36. The number of pyridine rings is 1. The maximum atomic E-state index is 11.9. The summed E-state index contributed by atoms with van der Waals surface area (Å²) < 4.78 is 4.63. The third-order valence-electron chi connectivity index (χ3n) is 2.73. The molecule has 0 atom stereocenters. The smallest absolute Gasteiger partial charge is 0.313 e. The Morgan fingerprint density at radius 3 is 2.58 bits per heavy atom.